The summed E-state index contributed by atoms with van der Waals surface area (Å²) in [5.41, 5.74) is 3.98. The van der Waals surface area contributed by atoms with Crippen LogP contribution in [-0.4, -0.2) is 18.7 Å². The molecule has 0 saturated heterocycles. The van der Waals surface area contributed by atoms with Gasteiger partial charge in [-0.05, 0) is 62.5 Å². The van der Waals surface area contributed by atoms with Gasteiger partial charge >= 0.3 is 0 Å². The Bertz CT molecular complexity index is 533. The highest BCUT2D eigenvalue weighted by molar-refractivity contribution is 5.27. The van der Waals surface area contributed by atoms with E-state index in [1.807, 2.05) is 19.2 Å². The molecule has 2 rings (SSSR count). The fraction of sp³-hybridized carbons (Fsp3) is 0.333. The van der Waals surface area contributed by atoms with Crippen LogP contribution in [0.5, 0.6) is 5.75 Å². The first-order valence-electron chi connectivity index (χ1n) is 7.15. The fourth-order valence-corrected chi connectivity index (χ4v) is 2.64. The summed E-state index contributed by atoms with van der Waals surface area (Å²) in [7, 11) is 2.00. The average molecular weight is 269 g/mol. The topological polar surface area (TPSA) is 32.3 Å². The molecule has 0 spiro atoms. The summed E-state index contributed by atoms with van der Waals surface area (Å²) in [6.45, 7) is 3.13. The largest absolute Gasteiger partial charge is 0.508 e. The van der Waals surface area contributed by atoms with Gasteiger partial charge < -0.3 is 10.4 Å². The predicted octanol–water partition coefficient (Wildman–Crippen LogP) is 3.32. The Hall–Kier alpha value is -1.80. The van der Waals surface area contributed by atoms with Gasteiger partial charge in [-0.1, -0.05) is 42.0 Å². The summed E-state index contributed by atoms with van der Waals surface area (Å²) < 4.78 is 0. The molecule has 1 atom stereocenters. The molecule has 106 valence electrons. The molecule has 2 aromatic carbocycles. The molecule has 0 fully saturated rings. The molecule has 2 heteroatoms. The maximum atomic E-state index is 9.35. The van der Waals surface area contributed by atoms with E-state index in [0.29, 0.717) is 11.7 Å². The van der Waals surface area contributed by atoms with Crippen molar-refractivity contribution in [2.24, 2.45) is 5.92 Å². The second kappa shape index (κ2) is 7.11. The lowest BCUT2D eigenvalue weighted by Crippen LogP contribution is -2.22. The lowest BCUT2D eigenvalue weighted by atomic mass is 9.92. The summed E-state index contributed by atoms with van der Waals surface area (Å²) in [6.07, 6.45) is 2.10. The summed E-state index contributed by atoms with van der Waals surface area (Å²) in [4.78, 5) is 0. The van der Waals surface area contributed by atoms with Gasteiger partial charge in [0.2, 0.25) is 0 Å². The first-order valence-corrected chi connectivity index (χ1v) is 7.15. The number of aryl methyl sites for hydroxylation is 1. The van der Waals surface area contributed by atoms with Crippen LogP contribution in [0.1, 0.15) is 16.7 Å². The highest BCUT2D eigenvalue weighted by atomic mass is 16.3. The van der Waals surface area contributed by atoms with Crippen LogP contribution >= 0.6 is 0 Å². The van der Waals surface area contributed by atoms with Crippen molar-refractivity contribution < 1.29 is 5.11 Å². The maximum Gasteiger partial charge on any atom is 0.115 e. The second-order valence-electron chi connectivity index (χ2n) is 5.49. The number of phenolic OH excluding ortho intramolecular Hbond substituents is 1. The SMILES string of the molecule is CNCC(Cc1ccc(O)cc1)Cc1cccc(C)c1. The first-order chi connectivity index (χ1) is 9.67. The molecule has 1 unspecified atom stereocenters. The van der Waals surface area contributed by atoms with E-state index in [1.54, 1.807) is 12.1 Å². The maximum absolute atomic E-state index is 9.35. The molecule has 0 bridgehead atoms. The molecule has 20 heavy (non-hydrogen) atoms. The van der Waals surface area contributed by atoms with Crippen molar-refractivity contribution in [3.63, 3.8) is 0 Å². The van der Waals surface area contributed by atoms with Crippen LogP contribution < -0.4 is 5.32 Å². The van der Waals surface area contributed by atoms with E-state index >= 15 is 0 Å². The third kappa shape index (κ3) is 4.39. The number of nitrogens with one attached hydrogen (secondary N) is 1. The molecule has 0 aliphatic carbocycles. The average Bonchev–Trinajstić information content (AvgIpc) is 2.42. The smallest absolute Gasteiger partial charge is 0.115 e. The molecule has 0 saturated carbocycles. The van der Waals surface area contributed by atoms with Crippen LogP contribution in [0.3, 0.4) is 0 Å². The molecule has 2 N–H and O–H groups in total. The summed E-state index contributed by atoms with van der Waals surface area (Å²) in [5.74, 6) is 0.893. The van der Waals surface area contributed by atoms with Crippen molar-refractivity contribution >= 4 is 0 Å². The van der Waals surface area contributed by atoms with Gasteiger partial charge in [0.15, 0.2) is 0 Å². The minimum Gasteiger partial charge on any atom is -0.508 e. The number of aromatic hydroxyl groups is 1. The summed E-state index contributed by atoms with van der Waals surface area (Å²) in [5, 5.41) is 12.6. The Kier molecular flexibility index (Phi) is 5.19. The lowest BCUT2D eigenvalue weighted by Gasteiger charge is -2.17. The molecule has 0 aliphatic heterocycles. The number of hydrogen-bond acceptors (Lipinski definition) is 2. The van der Waals surface area contributed by atoms with Crippen LogP contribution in [0.15, 0.2) is 48.5 Å². The Labute approximate surface area is 121 Å². The third-order valence-electron chi connectivity index (χ3n) is 3.56. The Balaban J connectivity index is 2.05. The first kappa shape index (κ1) is 14.6. The van der Waals surface area contributed by atoms with Gasteiger partial charge in [-0.2, -0.15) is 0 Å². The quantitative estimate of drug-likeness (QED) is 0.843. The number of rotatable bonds is 6. The lowest BCUT2D eigenvalue weighted by molar-refractivity contribution is 0.473. The van der Waals surface area contributed by atoms with Gasteiger partial charge in [0.05, 0.1) is 0 Å². The molecular weight excluding hydrogens is 246 g/mol. The van der Waals surface area contributed by atoms with E-state index in [0.717, 1.165) is 19.4 Å². The summed E-state index contributed by atoms with van der Waals surface area (Å²) >= 11 is 0. The number of hydrogen-bond donors (Lipinski definition) is 2. The van der Waals surface area contributed by atoms with Crippen LogP contribution in [0.25, 0.3) is 0 Å². The molecule has 0 aromatic heterocycles. The van der Waals surface area contributed by atoms with E-state index in [1.165, 1.54) is 16.7 Å². The van der Waals surface area contributed by atoms with E-state index in [4.69, 9.17) is 0 Å². The third-order valence-corrected chi connectivity index (χ3v) is 3.56. The molecule has 2 nitrogen and oxygen atoms in total. The zero-order chi connectivity index (χ0) is 14.4. The minimum absolute atomic E-state index is 0.331. The van der Waals surface area contributed by atoms with Gasteiger partial charge in [-0.3, -0.25) is 0 Å². The molecule has 2 aromatic rings. The molecule has 0 amide bonds. The minimum atomic E-state index is 0.331. The predicted molar refractivity (Wildman–Crippen MR) is 84.1 cm³/mol. The van der Waals surface area contributed by atoms with Crippen molar-refractivity contribution in [3.05, 3.63) is 65.2 Å². The van der Waals surface area contributed by atoms with Gasteiger partial charge in [-0.15, -0.1) is 0 Å². The van der Waals surface area contributed by atoms with Crippen LogP contribution in [0.4, 0.5) is 0 Å². The Morgan fingerprint density at radius 2 is 1.70 bits per heavy atom. The van der Waals surface area contributed by atoms with E-state index in [2.05, 4.69) is 36.5 Å². The van der Waals surface area contributed by atoms with Gasteiger partial charge in [0, 0.05) is 0 Å². The molecule has 0 heterocycles. The second-order valence-corrected chi connectivity index (χ2v) is 5.49. The van der Waals surface area contributed by atoms with E-state index in [-0.39, 0.29) is 0 Å². The van der Waals surface area contributed by atoms with Gasteiger partial charge in [0.1, 0.15) is 5.75 Å². The zero-order valence-corrected chi connectivity index (χ0v) is 12.3. The summed E-state index contributed by atoms with van der Waals surface area (Å²) in [6, 6.07) is 16.3. The van der Waals surface area contributed by atoms with Crippen molar-refractivity contribution in [3.8, 4) is 5.75 Å². The highest BCUT2D eigenvalue weighted by Gasteiger charge is 2.10. The number of phenols is 1. The van der Waals surface area contributed by atoms with Crippen molar-refractivity contribution in [1.82, 2.24) is 5.32 Å². The van der Waals surface area contributed by atoms with Crippen molar-refractivity contribution in [2.45, 2.75) is 19.8 Å². The monoisotopic (exact) mass is 269 g/mol. The van der Waals surface area contributed by atoms with Crippen molar-refractivity contribution in [1.29, 1.82) is 0 Å². The standard InChI is InChI=1S/C18H23NO/c1-14-4-3-5-16(10-14)12-17(13-19-2)11-15-6-8-18(20)9-7-15/h3-10,17,19-20H,11-13H2,1-2H3. The van der Waals surface area contributed by atoms with Crippen LogP contribution in [0, 0.1) is 12.8 Å². The highest BCUT2D eigenvalue weighted by Crippen LogP contribution is 2.17. The fourth-order valence-electron chi connectivity index (χ4n) is 2.64. The Morgan fingerprint density at radius 1 is 1.00 bits per heavy atom. The van der Waals surface area contributed by atoms with E-state index in [9.17, 15) is 5.11 Å². The molecular formula is C18H23NO. The molecule has 0 aliphatic rings. The zero-order valence-electron chi connectivity index (χ0n) is 12.3. The number of benzene rings is 2. The van der Waals surface area contributed by atoms with Gasteiger partial charge in [0.25, 0.3) is 0 Å². The van der Waals surface area contributed by atoms with Crippen molar-refractivity contribution in [2.75, 3.05) is 13.6 Å². The normalized spacial score (nSPS) is 12.3. The van der Waals surface area contributed by atoms with Crippen LogP contribution in [0.2, 0.25) is 0 Å². The van der Waals surface area contributed by atoms with Gasteiger partial charge in [-0.25, -0.2) is 0 Å². The Morgan fingerprint density at radius 3 is 2.35 bits per heavy atom. The molecule has 0 radical (unpaired) electrons. The van der Waals surface area contributed by atoms with E-state index < -0.39 is 0 Å². The van der Waals surface area contributed by atoms with Crippen LogP contribution in [-0.2, 0) is 12.8 Å².